The largest absolute Gasteiger partial charge is 0.497 e. The molecule has 174 valence electrons. The number of benzene rings is 4. The zero-order valence-corrected chi connectivity index (χ0v) is 19.4. The van der Waals surface area contributed by atoms with Gasteiger partial charge in [-0.25, -0.2) is 0 Å². The second kappa shape index (κ2) is 10.4. The molecule has 0 amide bonds. The number of methoxy groups -OCH3 is 3. The fourth-order valence-corrected chi connectivity index (χ4v) is 4.01. The minimum atomic E-state index is -0.887. The molecule has 4 rings (SSSR count). The van der Waals surface area contributed by atoms with Crippen LogP contribution < -0.4 is 14.2 Å². The van der Waals surface area contributed by atoms with Gasteiger partial charge in [0.05, 0.1) is 21.3 Å². The van der Waals surface area contributed by atoms with Crippen LogP contribution in [0.5, 0.6) is 17.2 Å². The van der Waals surface area contributed by atoms with Crippen molar-refractivity contribution < 1.29 is 24.4 Å². The molecule has 0 saturated heterocycles. The Labute approximate surface area is 199 Å². The van der Waals surface area contributed by atoms with Crippen LogP contribution in [0.25, 0.3) is 11.1 Å². The van der Waals surface area contributed by atoms with Gasteiger partial charge in [0.25, 0.3) is 0 Å². The Kier molecular flexibility index (Phi) is 7.16. The van der Waals surface area contributed by atoms with Crippen LogP contribution in [0.15, 0.2) is 91.0 Å². The van der Waals surface area contributed by atoms with Crippen molar-refractivity contribution in [1.82, 2.24) is 0 Å². The van der Waals surface area contributed by atoms with E-state index in [0.29, 0.717) is 22.6 Å². The van der Waals surface area contributed by atoms with Crippen LogP contribution >= 0.6 is 0 Å². The van der Waals surface area contributed by atoms with Gasteiger partial charge in [-0.2, -0.15) is 0 Å². The van der Waals surface area contributed by atoms with Crippen molar-refractivity contribution in [2.24, 2.45) is 0 Å². The summed E-state index contributed by atoms with van der Waals surface area (Å²) in [7, 11) is 4.79. The third kappa shape index (κ3) is 4.76. The molecule has 0 fully saturated rings. The quantitative estimate of drug-likeness (QED) is 0.364. The average molecular weight is 457 g/mol. The van der Waals surface area contributed by atoms with Crippen LogP contribution in [-0.2, 0) is 0 Å². The zero-order valence-electron chi connectivity index (χ0n) is 19.4. The third-order valence-corrected chi connectivity index (χ3v) is 5.95. The highest BCUT2D eigenvalue weighted by molar-refractivity contribution is 5.67. The molecule has 0 bridgehead atoms. The molecule has 2 N–H and O–H groups in total. The van der Waals surface area contributed by atoms with E-state index in [9.17, 15) is 10.2 Å². The summed E-state index contributed by atoms with van der Waals surface area (Å²) in [5.74, 6) is 1.95. The van der Waals surface area contributed by atoms with E-state index in [1.54, 1.807) is 21.3 Å². The first kappa shape index (κ1) is 23.4. The van der Waals surface area contributed by atoms with E-state index in [-0.39, 0.29) is 0 Å². The lowest BCUT2D eigenvalue weighted by Gasteiger charge is -2.18. The molecule has 0 saturated carbocycles. The van der Waals surface area contributed by atoms with Crippen molar-refractivity contribution in [1.29, 1.82) is 0 Å². The van der Waals surface area contributed by atoms with Gasteiger partial charge in [0.1, 0.15) is 29.5 Å². The minimum absolute atomic E-state index is 0.582. The first-order valence-corrected chi connectivity index (χ1v) is 11.0. The molecule has 0 aliphatic rings. The van der Waals surface area contributed by atoms with Crippen molar-refractivity contribution in [3.63, 3.8) is 0 Å². The molecule has 2 unspecified atom stereocenters. The van der Waals surface area contributed by atoms with Crippen LogP contribution in [0, 0.1) is 0 Å². The Morgan fingerprint density at radius 2 is 1.09 bits per heavy atom. The molecular weight excluding hydrogens is 428 g/mol. The number of hydrogen-bond donors (Lipinski definition) is 2. The smallest absolute Gasteiger partial charge is 0.125 e. The van der Waals surface area contributed by atoms with Crippen molar-refractivity contribution in [3.05, 3.63) is 113 Å². The summed E-state index contributed by atoms with van der Waals surface area (Å²) in [5.41, 5.74) is 4.84. The predicted octanol–water partition coefficient (Wildman–Crippen LogP) is 5.54. The standard InChI is InChI=1S/C29H28O5/c1-32-23-15-12-21(13-16-23)28(30)20-10-8-19(9-11-20)22-14-17-25(27(18-22)34-3)29(31)24-6-4-5-7-26(24)33-2/h4-18,28-31H,1-3H3. The van der Waals surface area contributed by atoms with Crippen LogP contribution in [0.2, 0.25) is 0 Å². The zero-order chi connectivity index (χ0) is 24.1. The summed E-state index contributed by atoms with van der Waals surface area (Å²) in [5, 5.41) is 21.8. The summed E-state index contributed by atoms with van der Waals surface area (Å²) in [6.45, 7) is 0. The molecule has 0 aliphatic carbocycles. The molecule has 0 aliphatic heterocycles. The second-order valence-electron chi connectivity index (χ2n) is 7.90. The summed E-state index contributed by atoms with van der Waals surface area (Å²) in [6.07, 6.45) is -1.62. The predicted molar refractivity (Wildman–Crippen MR) is 133 cm³/mol. The van der Waals surface area contributed by atoms with E-state index in [1.165, 1.54) is 0 Å². The fourth-order valence-electron chi connectivity index (χ4n) is 4.01. The van der Waals surface area contributed by atoms with Crippen LogP contribution in [0.4, 0.5) is 0 Å². The number of aliphatic hydroxyl groups is 2. The van der Waals surface area contributed by atoms with Gasteiger partial charge in [-0.15, -0.1) is 0 Å². The van der Waals surface area contributed by atoms with Gasteiger partial charge in [0.2, 0.25) is 0 Å². The van der Waals surface area contributed by atoms with Crippen molar-refractivity contribution in [2.75, 3.05) is 21.3 Å². The highest BCUT2D eigenvalue weighted by Crippen LogP contribution is 2.37. The normalized spacial score (nSPS) is 12.6. The number of para-hydroxylation sites is 1. The third-order valence-electron chi connectivity index (χ3n) is 5.95. The van der Waals surface area contributed by atoms with Gasteiger partial charge in [0.15, 0.2) is 0 Å². The average Bonchev–Trinajstić information content (AvgIpc) is 2.92. The van der Waals surface area contributed by atoms with E-state index in [1.807, 2.05) is 91.0 Å². The monoisotopic (exact) mass is 456 g/mol. The molecule has 4 aromatic carbocycles. The number of ether oxygens (including phenoxy) is 3. The lowest BCUT2D eigenvalue weighted by atomic mass is 9.95. The van der Waals surface area contributed by atoms with E-state index in [2.05, 4.69) is 0 Å². The Morgan fingerprint density at radius 1 is 0.529 bits per heavy atom. The maximum absolute atomic E-state index is 11.0. The lowest BCUT2D eigenvalue weighted by Crippen LogP contribution is -2.04. The molecule has 2 atom stereocenters. The van der Waals surface area contributed by atoms with Gasteiger partial charge in [-0.1, -0.05) is 66.7 Å². The number of rotatable bonds is 8. The molecule has 0 heterocycles. The maximum atomic E-state index is 11.0. The summed E-state index contributed by atoms with van der Waals surface area (Å²) in [6, 6.07) is 28.2. The van der Waals surface area contributed by atoms with Crippen molar-refractivity contribution in [2.45, 2.75) is 12.2 Å². The SMILES string of the molecule is COc1ccc(C(O)c2ccc(-c3ccc(C(O)c4ccccc4OC)c(OC)c3)cc2)cc1. The summed E-state index contributed by atoms with van der Waals surface area (Å²) in [4.78, 5) is 0. The first-order chi connectivity index (χ1) is 16.5. The van der Waals surface area contributed by atoms with E-state index < -0.39 is 12.2 Å². The van der Waals surface area contributed by atoms with E-state index in [4.69, 9.17) is 14.2 Å². The molecule has 34 heavy (non-hydrogen) atoms. The Bertz CT molecular complexity index is 1230. The molecule has 4 aromatic rings. The molecule has 0 aromatic heterocycles. The fraction of sp³-hybridized carbons (Fsp3) is 0.172. The Morgan fingerprint density at radius 3 is 1.71 bits per heavy atom. The summed E-state index contributed by atoms with van der Waals surface area (Å²) < 4.78 is 16.2. The van der Waals surface area contributed by atoms with Gasteiger partial charge < -0.3 is 24.4 Å². The molecule has 0 spiro atoms. The van der Waals surface area contributed by atoms with E-state index >= 15 is 0 Å². The van der Waals surface area contributed by atoms with Gasteiger partial charge in [-0.3, -0.25) is 0 Å². The second-order valence-corrected chi connectivity index (χ2v) is 7.90. The van der Waals surface area contributed by atoms with Crippen LogP contribution in [-0.4, -0.2) is 31.5 Å². The highest BCUT2D eigenvalue weighted by Gasteiger charge is 2.20. The van der Waals surface area contributed by atoms with Crippen molar-refractivity contribution in [3.8, 4) is 28.4 Å². The van der Waals surface area contributed by atoms with Crippen LogP contribution in [0.3, 0.4) is 0 Å². The molecule has 0 radical (unpaired) electrons. The number of hydrogen-bond acceptors (Lipinski definition) is 5. The van der Waals surface area contributed by atoms with Gasteiger partial charge in [0, 0.05) is 11.1 Å². The summed E-state index contributed by atoms with van der Waals surface area (Å²) >= 11 is 0. The van der Waals surface area contributed by atoms with Gasteiger partial charge >= 0.3 is 0 Å². The topological polar surface area (TPSA) is 68.2 Å². The molecule has 5 heteroatoms. The van der Waals surface area contributed by atoms with Gasteiger partial charge in [-0.05, 0) is 46.5 Å². The minimum Gasteiger partial charge on any atom is -0.497 e. The maximum Gasteiger partial charge on any atom is 0.125 e. The first-order valence-electron chi connectivity index (χ1n) is 11.0. The number of aliphatic hydroxyl groups excluding tert-OH is 2. The van der Waals surface area contributed by atoms with Crippen molar-refractivity contribution >= 4 is 0 Å². The van der Waals surface area contributed by atoms with E-state index in [0.717, 1.165) is 28.0 Å². The molecule has 5 nitrogen and oxygen atoms in total. The Hall–Kier alpha value is -3.80. The lowest BCUT2D eigenvalue weighted by molar-refractivity contribution is 0.209. The van der Waals surface area contributed by atoms with Crippen LogP contribution in [0.1, 0.15) is 34.5 Å². The highest BCUT2D eigenvalue weighted by atomic mass is 16.5. The Balaban J connectivity index is 1.58. The molecular formula is C29H28O5.